The molecule has 31 heavy (non-hydrogen) atoms. The molecule has 0 amide bonds. The lowest BCUT2D eigenvalue weighted by molar-refractivity contribution is -0.139. The molecule has 5 rings (SSSR count). The van der Waals surface area contributed by atoms with E-state index < -0.39 is 5.97 Å². The van der Waals surface area contributed by atoms with Gasteiger partial charge in [-0.2, -0.15) is 5.10 Å². The van der Waals surface area contributed by atoms with Crippen LogP contribution in [0.1, 0.15) is 29.3 Å². The van der Waals surface area contributed by atoms with Crippen LogP contribution in [0.2, 0.25) is 0 Å². The molecule has 1 atom stereocenters. The Bertz CT molecular complexity index is 1310. The molecule has 0 radical (unpaired) electrons. The van der Waals surface area contributed by atoms with Gasteiger partial charge in [0.05, 0.1) is 23.1 Å². The Morgan fingerprint density at radius 2 is 2.23 bits per heavy atom. The molecular formula is C22H18N6O3. The molecule has 3 N–H and O–H groups in total. The minimum atomic E-state index is -1.02. The number of aliphatic carboxylic acids is 1. The predicted octanol–water partition coefficient (Wildman–Crippen LogP) is 2.74. The van der Waals surface area contributed by atoms with Crippen molar-refractivity contribution < 1.29 is 14.6 Å². The normalized spacial score (nSPS) is 14.9. The molecule has 9 nitrogen and oxygen atoms in total. The summed E-state index contributed by atoms with van der Waals surface area (Å²) in [5, 5.41) is 19.2. The summed E-state index contributed by atoms with van der Waals surface area (Å²) < 4.78 is 7.13. The van der Waals surface area contributed by atoms with Crippen LogP contribution in [0.25, 0.3) is 5.65 Å². The Hall–Kier alpha value is -4.32. The quantitative estimate of drug-likeness (QED) is 0.415. The first-order valence-corrected chi connectivity index (χ1v) is 9.72. The topological polar surface area (TPSA) is 117 Å². The molecule has 0 bridgehead atoms. The zero-order chi connectivity index (χ0) is 21.2. The number of benzene rings is 1. The highest BCUT2D eigenvalue weighted by atomic mass is 16.5. The third kappa shape index (κ3) is 3.91. The van der Waals surface area contributed by atoms with Gasteiger partial charge in [0, 0.05) is 36.6 Å². The van der Waals surface area contributed by atoms with Gasteiger partial charge in [0.2, 0.25) is 0 Å². The lowest BCUT2D eigenvalue weighted by Crippen LogP contribution is -2.10. The highest BCUT2D eigenvalue weighted by Gasteiger charge is 2.20. The summed E-state index contributed by atoms with van der Waals surface area (Å²) in [6.07, 6.45) is 8.83. The number of ether oxygens (including phenoxy) is 1. The monoisotopic (exact) mass is 414 g/mol. The van der Waals surface area contributed by atoms with E-state index in [2.05, 4.69) is 32.3 Å². The molecule has 4 aromatic rings. The van der Waals surface area contributed by atoms with Crippen LogP contribution in [0.15, 0.2) is 49.1 Å². The first-order valence-electron chi connectivity index (χ1n) is 9.72. The Labute approximate surface area is 177 Å². The van der Waals surface area contributed by atoms with Gasteiger partial charge in [0.25, 0.3) is 0 Å². The first-order chi connectivity index (χ1) is 15.2. The zero-order valence-corrected chi connectivity index (χ0v) is 16.4. The van der Waals surface area contributed by atoms with Crippen LogP contribution in [-0.2, 0) is 11.2 Å². The van der Waals surface area contributed by atoms with E-state index in [1.165, 1.54) is 0 Å². The zero-order valence-electron chi connectivity index (χ0n) is 16.4. The smallest absolute Gasteiger partial charge is 0.341 e. The van der Waals surface area contributed by atoms with Crippen molar-refractivity contribution in [2.45, 2.75) is 18.8 Å². The van der Waals surface area contributed by atoms with Gasteiger partial charge in [-0.15, -0.1) is 0 Å². The lowest BCUT2D eigenvalue weighted by atomic mass is 9.97. The van der Waals surface area contributed by atoms with Gasteiger partial charge < -0.3 is 19.6 Å². The Morgan fingerprint density at radius 3 is 3.06 bits per heavy atom. The summed E-state index contributed by atoms with van der Waals surface area (Å²) in [6, 6.07) is 7.02. The van der Waals surface area contributed by atoms with Crippen LogP contribution in [0.3, 0.4) is 0 Å². The molecule has 1 aliphatic carbocycles. The molecule has 154 valence electrons. The molecule has 0 spiro atoms. The second-order valence-electron chi connectivity index (χ2n) is 7.17. The van der Waals surface area contributed by atoms with E-state index in [0.29, 0.717) is 23.6 Å². The van der Waals surface area contributed by atoms with Gasteiger partial charge in [-0.1, -0.05) is 11.8 Å². The van der Waals surface area contributed by atoms with E-state index in [9.17, 15) is 4.79 Å². The van der Waals surface area contributed by atoms with Crippen molar-refractivity contribution in [2.24, 2.45) is 0 Å². The molecule has 0 saturated heterocycles. The van der Waals surface area contributed by atoms with E-state index >= 15 is 0 Å². The Morgan fingerprint density at radius 1 is 1.35 bits per heavy atom. The van der Waals surface area contributed by atoms with E-state index in [0.717, 1.165) is 29.1 Å². The minimum absolute atomic E-state index is 0.119. The van der Waals surface area contributed by atoms with Crippen molar-refractivity contribution in [3.05, 3.63) is 66.0 Å². The van der Waals surface area contributed by atoms with Gasteiger partial charge in [-0.05, 0) is 30.7 Å². The fourth-order valence-electron chi connectivity index (χ4n) is 3.52. The average molecular weight is 414 g/mol. The molecule has 0 aliphatic heterocycles. The highest BCUT2D eigenvalue weighted by molar-refractivity contribution is 5.71. The third-order valence-electron chi connectivity index (χ3n) is 5.03. The van der Waals surface area contributed by atoms with Crippen LogP contribution in [-0.4, -0.2) is 42.2 Å². The van der Waals surface area contributed by atoms with Crippen molar-refractivity contribution in [3.8, 4) is 17.6 Å². The van der Waals surface area contributed by atoms with Gasteiger partial charge in [-0.3, -0.25) is 5.10 Å². The summed E-state index contributed by atoms with van der Waals surface area (Å²) in [5.74, 6) is 6.59. The molecule has 0 fully saturated rings. The molecule has 9 heteroatoms. The number of rotatable bonds is 6. The third-order valence-corrected chi connectivity index (χ3v) is 5.03. The Kier molecular flexibility index (Phi) is 4.72. The lowest BCUT2D eigenvalue weighted by Gasteiger charge is -2.15. The van der Waals surface area contributed by atoms with Crippen LogP contribution in [0, 0.1) is 11.8 Å². The summed E-state index contributed by atoms with van der Waals surface area (Å²) in [6.45, 7) is -0.382. The number of carbonyl (C=O) groups is 1. The molecule has 1 unspecified atom stereocenters. The van der Waals surface area contributed by atoms with Crippen LogP contribution in [0.4, 0.5) is 11.5 Å². The number of H-pyrrole nitrogens is 1. The number of nitrogens with one attached hydrogen (secondary N) is 2. The largest absolute Gasteiger partial charge is 0.482 e. The van der Waals surface area contributed by atoms with Crippen LogP contribution in [0.5, 0.6) is 5.75 Å². The summed E-state index contributed by atoms with van der Waals surface area (Å²) >= 11 is 0. The van der Waals surface area contributed by atoms with E-state index in [4.69, 9.17) is 14.8 Å². The maximum Gasteiger partial charge on any atom is 0.341 e. The second-order valence-corrected chi connectivity index (χ2v) is 7.17. The van der Waals surface area contributed by atoms with Gasteiger partial charge >= 0.3 is 5.97 Å². The molecule has 3 heterocycles. The minimum Gasteiger partial charge on any atom is -0.482 e. The van der Waals surface area contributed by atoms with Crippen molar-refractivity contribution in [3.63, 3.8) is 0 Å². The van der Waals surface area contributed by atoms with Crippen molar-refractivity contribution >= 4 is 23.1 Å². The summed E-state index contributed by atoms with van der Waals surface area (Å²) in [4.78, 5) is 19.9. The summed E-state index contributed by atoms with van der Waals surface area (Å²) in [7, 11) is 0. The Balaban J connectivity index is 1.42. The number of hydrogen-bond donors (Lipinski definition) is 3. The predicted molar refractivity (Wildman–Crippen MR) is 112 cm³/mol. The number of aromatic amines is 1. The van der Waals surface area contributed by atoms with Gasteiger partial charge in [0.15, 0.2) is 18.1 Å². The fourth-order valence-corrected chi connectivity index (χ4v) is 3.52. The maximum atomic E-state index is 10.6. The van der Waals surface area contributed by atoms with Crippen LogP contribution >= 0.6 is 0 Å². The number of anilines is 2. The van der Waals surface area contributed by atoms with Crippen molar-refractivity contribution in [1.82, 2.24) is 24.6 Å². The molecule has 0 saturated carbocycles. The second kappa shape index (κ2) is 7.84. The molecule has 1 aliphatic rings. The van der Waals surface area contributed by atoms with E-state index in [-0.39, 0.29) is 12.5 Å². The number of carboxylic acids is 1. The number of hydrogen-bond acceptors (Lipinski definition) is 6. The van der Waals surface area contributed by atoms with Crippen molar-refractivity contribution in [2.75, 3.05) is 11.9 Å². The molecule has 1 aromatic carbocycles. The van der Waals surface area contributed by atoms with Crippen molar-refractivity contribution in [1.29, 1.82) is 0 Å². The number of aromatic nitrogens is 5. The molecule has 3 aromatic heterocycles. The van der Waals surface area contributed by atoms with Gasteiger partial charge in [0.1, 0.15) is 5.75 Å². The molecular weight excluding hydrogens is 396 g/mol. The number of fused-ring (bicyclic) bond motifs is 2. The highest BCUT2D eigenvalue weighted by Crippen LogP contribution is 2.29. The maximum absolute atomic E-state index is 10.6. The van der Waals surface area contributed by atoms with E-state index in [1.807, 2.05) is 16.8 Å². The fraction of sp³-hybridized carbons (Fsp3) is 0.182. The standard InChI is InChI=1S/C22H18N6O3/c29-20(30)13-31-17-6-4-16(5-7-17)25-21-22-23-8-9-28(22)12-19(26-21)14-2-1-3-15-11-24-27-18(15)10-14/h4-9,11-12,14H,2,10,13H2,(H,24,27)(H,25,26)(H,29,30). The average Bonchev–Trinajstić information content (AvgIpc) is 3.38. The van der Waals surface area contributed by atoms with E-state index in [1.54, 1.807) is 36.7 Å². The first kappa shape index (κ1) is 18.7. The summed E-state index contributed by atoms with van der Waals surface area (Å²) in [5.41, 5.74) is 4.36. The SMILES string of the molecule is O=C(O)COc1ccc(Nc2nc(C3CC#Cc4cn[nH]c4C3)cn3ccnc23)cc1. The number of nitrogens with zero attached hydrogens (tertiary/aromatic N) is 4. The van der Waals surface area contributed by atoms with Crippen LogP contribution < -0.4 is 10.1 Å². The van der Waals surface area contributed by atoms with Gasteiger partial charge in [-0.25, -0.2) is 14.8 Å². The number of carboxylic acid groups (broad SMARTS) is 1. The number of imidazole rings is 1.